The van der Waals surface area contributed by atoms with Crippen LogP contribution in [-0.2, 0) is 0 Å². The van der Waals surface area contributed by atoms with Crippen LogP contribution in [0.5, 0.6) is 5.75 Å². The van der Waals surface area contributed by atoms with E-state index in [0.717, 1.165) is 0 Å². The topological polar surface area (TPSA) is 46.5 Å². The molecule has 0 aromatic heterocycles. The molecule has 0 bridgehead atoms. The Morgan fingerprint density at radius 2 is 2.29 bits per heavy atom. The van der Waals surface area contributed by atoms with Crippen LogP contribution in [-0.4, -0.2) is 24.4 Å². The van der Waals surface area contributed by atoms with E-state index in [2.05, 4.69) is 0 Å². The molecule has 14 heavy (non-hydrogen) atoms. The molecule has 0 fully saturated rings. The van der Waals surface area contributed by atoms with Crippen molar-refractivity contribution in [2.24, 2.45) is 0 Å². The molecule has 0 atom stereocenters. The summed E-state index contributed by atoms with van der Waals surface area (Å²) in [6, 6.07) is 4.15. The van der Waals surface area contributed by atoms with Crippen LogP contribution in [0.3, 0.4) is 0 Å². The normalized spacial score (nSPS) is 9.86. The third kappa shape index (κ3) is 2.60. The first-order chi connectivity index (χ1) is 6.65. The number of carboxylic acid groups (broad SMARTS) is 1. The number of carbonyl (C=O) groups is 1. The molecule has 0 saturated carbocycles. The van der Waals surface area contributed by atoms with Crippen molar-refractivity contribution in [2.75, 3.05) is 13.3 Å². The number of aromatic carboxylic acids is 1. The van der Waals surface area contributed by atoms with Gasteiger partial charge in [0.05, 0.1) is 0 Å². The summed E-state index contributed by atoms with van der Waals surface area (Å²) in [5.74, 6) is -1.03. The van der Waals surface area contributed by atoms with Gasteiger partial charge in [-0.15, -0.1) is 0 Å². The van der Waals surface area contributed by atoms with Gasteiger partial charge in [-0.1, -0.05) is 11.6 Å². The van der Waals surface area contributed by atoms with Crippen molar-refractivity contribution >= 4 is 17.6 Å². The molecule has 1 aromatic rings. The number of carboxylic acids is 1. The Morgan fingerprint density at radius 1 is 1.57 bits per heavy atom. The first-order valence-corrected chi connectivity index (χ1v) is 4.24. The van der Waals surface area contributed by atoms with E-state index in [9.17, 15) is 9.18 Å². The van der Waals surface area contributed by atoms with Gasteiger partial charge >= 0.3 is 5.97 Å². The van der Waals surface area contributed by atoms with Gasteiger partial charge in [0.25, 0.3) is 0 Å². The van der Waals surface area contributed by atoms with Crippen LogP contribution >= 0.6 is 11.6 Å². The maximum Gasteiger partial charge on any atom is 0.339 e. The van der Waals surface area contributed by atoms with Gasteiger partial charge in [-0.05, 0) is 18.2 Å². The fourth-order valence-corrected chi connectivity index (χ4v) is 1.12. The van der Waals surface area contributed by atoms with Crippen LogP contribution in [0.4, 0.5) is 4.39 Å². The van der Waals surface area contributed by atoms with Crippen molar-refractivity contribution in [2.45, 2.75) is 0 Å². The van der Waals surface area contributed by atoms with Gasteiger partial charge in [-0.2, -0.15) is 0 Å². The third-order valence-corrected chi connectivity index (χ3v) is 1.74. The van der Waals surface area contributed by atoms with Crippen molar-refractivity contribution in [3.8, 4) is 5.75 Å². The third-order valence-electron chi connectivity index (χ3n) is 1.51. The van der Waals surface area contributed by atoms with Gasteiger partial charge in [0.2, 0.25) is 0 Å². The molecule has 0 aliphatic rings. The minimum Gasteiger partial charge on any atom is -0.490 e. The Bertz CT molecular complexity index is 341. The first-order valence-electron chi connectivity index (χ1n) is 3.86. The molecule has 0 spiro atoms. The second-order valence-electron chi connectivity index (χ2n) is 2.48. The minimum absolute atomic E-state index is 0.0639. The monoisotopic (exact) mass is 218 g/mol. The highest BCUT2D eigenvalue weighted by Crippen LogP contribution is 2.22. The van der Waals surface area contributed by atoms with E-state index in [0.29, 0.717) is 5.02 Å². The summed E-state index contributed by atoms with van der Waals surface area (Å²) in [6.45, 7) is -0.830. The van der Waals surface area contributed by atoms with Crippen molar-refractivity contribution in [3.05, 3.63) is 28.8 Å². The first kappa shape index (κ1) is 10.8. The van der Waals surface area contributed by atoms with Gasteiger partial charge in [-0.3, -0.25) is 0 Å². The van der Waals surface area contributed by atoms with E-state index in [4.69, 9.17) is 21.4 Å². The molecular weight excluding hydrogens is 211 g/mol. The van der Waals surface area contributed by atoms with E-state index >= 15 is 0 Å². The lowest BCUT2D eigenvalue weighted by Gasteiger charge is -2.07. The SMILES string of the molecule is O=C(O)c1cc(Cl)ccc1OCCF. The summed E-state index contributed by atoms with van der Waals surface area (Å²) in [6.07, 6.45) is 0. The summed E-state index contributed by atoms with van der Waals surface area (Å²) >= 11 is 5.60. The molecule has 0 radical (unpaired) electrons. The number of rotatable bonds is 4. The Hall–Kier alpha value is -1.29. The quantitative estimate of drug-likeness (QED) is 0.844. The number of hydrogen-bond donors (Lipinski definition) is 1. The van der Waals surface area contributed by atoms with Crippen LogP contribution in [0.2, 0.25) is 5.02 Å². The van der Waals surface area contributed by atoms with Gasteiger partial charge < -0.3 is 9.84 Å². The second kappa shape index (κ2) is 4.81. The Morgan fingerprint density at radius 3 is 2.86 bits per heavy atom. The standard InChI is InChI=1S/C9H8ClFO3/c10-6-1-2-8(14-4-3-11)7(5-6)9(12)13/h1-2,5H,3-4H2,(H,12,13). The highest BCUT2D eigenvalue weighted by molar-refractivity contribution is 6.31. The predicted molar refractivity (Wildman–Crippen MR) is 49.9 cm³/mol. The molecule has 76 valence electrons. The van der Waals surface area contributed by atoms with Crippen LogP contribution in [0, 0.1) is 0 Å². The molecule has 0 aliphatic carbocycles. The van der Waals surface area contributed by atoms with E-state index in [-0.39, 0.29) is 17.9 Å². The molecule has 1 rings (SSSR count). The fourth-order valence-electron chi connectivity index (χ4n) is 0.944. The molecule has 1 aromatic carbocycles. The van der Waals surface area contributed by atoms with Crippen molar-refractivity contribution in [3.63, 3.8) is 0 Å². The van der Waals surface area contributed by atoms with Crippen LogP contribution in [0.15, 0.2) is 18.2 Å². The lowest BCUT2D eigenvalue weighted by atomic mass is 10.2. The molecule has 0 unspecified atom stereocenters. The van der Waals surface area contributed by atoms with Crippen LogP contribution in [0.1, 0.15) is 10.4 Å². The summed E-state index contributed by atoms with van der Waals surface area (Å²) in [4.78, 5) is 10.7. The molecule has 0 heterocycles. The van der Waals surface area contributed by atoms with E-state index < -0.39 is 12.6 Å². The average molecular weight is 219 g/mol. The highest BCUT2D eigenvalue weighted by atomic mass is 35.5. The zero-order chi connectivity index (χ0) is 10.6. The highest BCUT2D eigenvalue weighted by Gasteiger charge is 2.11. The largest absolute Gasteiger partial charge is 0.490 e. The smallest absolute Gasteiger partial charge is 0.339 e. The predicted octanol–water partition coefficient (Wildman–Crippen LogP) is 2.39. The Balaban J connectivity index is 2.96. The number of benzene rings is 1. The summed E-state index contributed by atoms with van der Waals surface area (Å²) in [7, 11) is 0. The zero-order valence-electron chi connectivity index (χ0n) is 7.17. The fraction of sp³-hybridized carbons (Fsp3) is 0.222. The average Bonchev–Trinajstić information content (AvgIpc) is 2.15. The van der Waals surface area contributed by atoms with Crippen molar-refractivity contribution in [1.29, 1.82) is 0 Å². The number of hydrogen-bond acceptors (Lipinski definition) is 2. The van der Waals surface area contributed by atoms with Crippen molar-refractivity contribution < 1.29 is 19.0 Å². The van der Waals surface area contributed by atoms with E-state index in [1.165, 1.54) is 18.2 Å². The van der Waals surface area contributed by atoms with E-state index in [1.807, 2.05) is 0 Å². The number of halogens is 2. The number of alkyl halides is 1. The van der Waals surface area contributed by atoms with Crippen molar-refractivity contribution in [1.82, 2.24) is 0 Å². The summed E-state index contributed by atoms with van der Waals surface area (Å²) in [5.41, 5.74) is -0.0639. The zero-order valence-corrected chi connectivity index (χ0v) is 7.92. The Labute approximate surface area is 85.1 Å². The second-order valence-corrected chi connectivity index (χ2v) is 2.92. The molecule has 0 saturated heterocycles. The van der Waals surface area contributed by atoms with Crippen LogP contribution in [0.25, 0.3) is 0 Å². The molecule has 1 N–H and O–H groups in total. The van der Waals surface area contributed by atoms with Gasteiger partial charge in [0.15, 0.2) is 0 Å². The van der Waals surface area contributed by atoms with Crippen LogP contribution < -0.4 is 4.74 Å². The maximum absolute atomic E-state index is 11.8. The molecule has 3 nitrogen and oxygen atoms in total. The molecule has 0 amide bonds. The lowest BCUT2D eigenvalue weighted by Crippen LogP contribution is -2.05. The van der Waals surface area contributed by atoms with Gasteiger partial charge in [-0.25, -0.2) is 9.18 Å². The number of ether oxygens (including phenoxy) is 1. The summed E-state index contributed by atoms with van der Waals surface area (Å²) < 4.78 is 16.7. The van der Waals surface area contributed by atoms with Gasteiger partial charge in [0, 0.05) is 5.02 Å². The summed E-state index contributed by atoms with van der Waals surface area (Å²) in [5, 5.41) is 9.06. The van der Waals surface area contributed by atoms with E-state index in [1.54, 1.807) is 0 Å². The maximum atomic E-state index is 11.8. The minimum atomic E-state index is -1.15. The molecular formula is C9H8ClFO3. The lowest BCUT2D eigenvalue weighted by molar-refractivity contribution is 0.0692. The Kier molecular flexibility index (Phi) is 3.71. The molecule has 0 aliphatic heterocycles. The van der Waals surface area contributed by atoms with Gasteiger partial charge in [0.1, 0.15) is 24.6 Å². The molecule has 5 heteroatoms.